The van der Waals surface area contributed by atoms with E-state index in [1.54, 1.807) is 6.07 Å². The van der Waals surface area contributed by atoms with Crippen molar-refractivity contribution in [2.75, 3.05) is 19.0 Å². The molecule has 0 radical (unpaired) electrons. The van der Waals surface area contributed by atoms with Crippen molar-refractivity contribution in [3.63, 3.8) is 0 Å². The first kappa shape index (κ1) is 16.7. The zero-order valence-corrected chi connectivity index (χ0v) is 14.3. The summed E-state index contributed by atoms with van der Waals surface area (Å²) in [6.07, 6.45) is 0. The Morgan fingerprint density at radius 1 is 1.00 bits per heavy atom. The van der Waals surface area contributed by atoms with Gasteiger partial charge in [-0.1, -0.05) is 18.2 Å². The van der Waals surface area contributed by atoms with E-state index in [4.69, 9.17) is 0 Å². The summed E-state index contributed by atoms with van der Waals surface area (Å²) in [6.45, 7) is 6.03. The fourth-order valence-electron chi connectivity index (χ4n) is 2.16. The summed E-state index contributed by atoms with van der Waals surface area (Å²) in [5, 5.41) is 4.22. The standard InChI is InChI=1S/C19H23N3O/c1-13-9-10-16(11-14(13)2)15(3)20-21-19(23)17-7-6-8-18(12-17)22(4)5/h6-12H,1-5H3,(H,21,23)/b20-15+. The van der Waals surface area contributed by atoms with Crippen LogP contribution in [0.15, 0.2) is 47.6 Å². The first-order valence-electron chi connectivity index (χ1n) is 7.58. The number of hydrogen-bond acceptors (Lipinski definition) is 3. The summed E-state index contributed by atoms with van der Waals surface area (Å²) in [5.74, 6) is -0.211. The summed E-state index contributed by atoms with van der Waals surface area (Å²) in [6, 6.07) is 13.6. The zero-order valence-electron chi connectivity index (χ0n) is 14.3. The van der Waals surface area contributed by atoms with Crippen LogP contribution < -0.4 is 10.3 Å². The van der Waals surface area contributed by atoms with Gasteiger partial charge in [0.05, 0.1) is 5.71 Å². The number of amides is 1. The van der Waals surface area contributed by atoms with Gasteiger partial charge in [-0.2, -0.15) is 5.10 Å². The molecule has 23 heavy (non-hydrogen) atoms. The number of anilines is 1. The minimum atomic E-state index is -0.211. The van der Waals surface area contributed by atoms with Crippen LogP contribution in [0.2, 0.25) is 0 Å². The number of carbonyl (C=O) groups is 1. The Hall–Kier alpha value is -2.62. The lowest BCUT2D eigenvalue weighted by Gasteiger charge is -2.13. The highest BCUT2D eigenvalue weighted by molar-refractivity contribution is 6.01. The van der Waals surface area contributed by atoms with E-state index in [0.29, 0.717) is 5.56 Å². The predicted molar refractivity (Wildman–Crippen MR) is 96.4 cm³/mol. The van der Waals surface area contributed by atoms with Crippen LogP contribution in [0.4, 0.5) is 5.69 Å². The Balaban J connectivity index is 2.13. The van der Waals surface area contributed by atoms with Gasteiger partial charge in [-0.05, 0) is 61.7 Å². The number of rotatable bonds is 4. The van der Waals surface area contributed by atoms with E-state index in [1.165, 1.54) is 11.1 Å². The molecule has 2 rings (SSSR count). The third-order valence-electron chi connectivity index (χ3n) is 3.87. The second-order valence-electron chi connectivity index (χ2n) is 5.88. The topological polar surface area (TPSA) is 44.7 Å². The Morgan fingerprint density at radius 2 is 1.74 bits per heavy atom. The molecule has 0 aliphatic rings. The first-order chi connectivity index (χ1) is 10.9. The van der Waals surface area contributed by atoms with Crippen LogP contribution in [0, 0.1) is 13.8 Å². The zero-order chi connectivity index (χ0) is 17.0. The molecule has 4 nitrogen and oxygen atoms in total. The molecular formula is C19H23N3O. The lowest BCUT2D eigenvalue weighted by atomic mass is 10.0. The largest absolute Gasteiger partial charge is 0.378 e. The average molecular weight is 309 g/mol. The van der Waals surface area contributed by atoms with Gasteiger partial charge in [-0.25, -0.2) is 5.43 Å². The van der Waals surface area contributed by atoms with Gasteiger partial charge in [-0.15, -0.1) is 0 Å². The normalized spacial score (nSPS) is 11.3. The van der Waals surface area contributed by atoms with Gasteiger partial charge in [0.2, 0.25) is 0 Å². The van der Waals surface area contributed by atoms with Crippen molar-refractivity contribution in [2.45, 2.75) is 20.8 Å². The van der Waals surface area contributed by atoms with Crippen LogP contribution >= 0.6 is 0 Å². The molecular weight excluding hydrogens is 286 g/mol. The van der Waals surface area contributed by atoms with E-state index in [1.807, 2.05) is 50.2 Å². The van der Waals surface area contributed by atoms with Crippen LogP contribution in [-0.4, -0.2) is 25.7 Å². The Morgan fingerprint density at radius 3 is 2.39 bits per heavy atom. The van der Waals surface area contributed by atoms with Crippen molar-refractivity contribution in [1.29, 1.82) is 0 Å². The molecule has 0 saturated heterocycles. The van der Waals surface area contributed by atoms with E-state index in [2.05, 4.69) is 36.5 Å². The summed E-state index contributed by atoms with van der Waals surface area (Å²) >= 11 is 0. The van der Waals surface area contributed by atoms with E-state index < -0.39 is 0 Å². The fraction of sp³-hybridized carbons (Fsp3) is 0.263. The molecule has 0 spiro atoms. The minimum absolute atomic E-state index is 0.211. The van der Waals surface area contributed by atoms with Crippen molar-refractivity contribution >= 4 is 17.3 Å². The van der Waals surface area contributed by atoms with Gasteiger partial charge >= 0.3 is 0 Å². The van der Waals surface area contributed by atoms with Crippen molar-refractivity contribution in [3.05, 3.63) is 64.7 Å². The molecule has 1 N–H and O–H groups in total. The smallest absolute Gasteiger partial charge is 0.271 e. The van der Waals surface area contributed by atoms with Crippen molar-refractivity contribution in [3.8, 4) is 0 Å². The van der Waals surface area contributed by atoms with Gasteiger partial charge in [0.15, 0.2) is 0 Å². The lowest BCUT2D eigenvalue weighted by molar-refractivity contribution is 0.0955. The van der Waals surface area contributed by atoms with Crippen LogP contribution in [0.1, 0.15) is 34.0 Å². The maximum Gasteiger partial charge on any atom is 0.271 e. The predicted octanol–water partition coefficient (Wildman–Crippen LogP) is 3.52. The van der Waals surface area contributed by atoms with Crippen molar-refractivity contribution in [2.24, 2.45) is 5.10 Å². The molecule has 2 aromatic rings. The number of aryl methyl sites for hydroxylation is 2. The maximum atomic E-state index is 12.2. The lowest BCUT2D eigenvalue weighted by Crippen LogP contribution is -2.20. The van der Waals surface area contributed by atoms with E-state index in [-0.39, 0.29) is 5.91 Å². The van der Waals surface area contributed by atoms with Gasteiger partial charge < -0.3 is 4.90 Å². The Labute approximate surface area is 137 Å². The summed E-state index contributed by atoms with van der Waals surface area (Å²) in [4.78, 5) is 14.2. The molecule has 4 heteroatoms. The highest BCUT2D eigenvalue weighted by Gasteiger charge is 2.07. The third-order valence-corrected chi connectivity index (χ3v) is 3.87. The van der Waals surface area contributed by atoms with Crippen LogP contribution in [0.3, 0.4) is 0 Å². The first-order valence-corrected chi connectivity index (χ1v) is 7.58. The average Bonchev–Trinajstić information content (AvgIpc) is 2.54. The minimum Gasteiger partial charge on any atom is -0.378 e. The second kappa shape index (κ2) is 7.09. The number of benzene rings is 2. The van der Waals surface area contributed by atoms with Crippen molar-refractivity contribution < 1.29 is 4.79 Å². The fourth-order valence-corrected chi connectivity index (χ4v) is 2.16. The summed E-state index contributed by atoms with van der Waals surface area (Å²) < 4.78 is 0. The molecule has 0 aromatic heterocycles. The van der Waals surface area contributed by atoms with Gasteiger partial charge in [0.25, 0.3) is 5.91 Å². The highest BCUT2D eigenvalue weighted by Crippen LogP contribution is 2.13. The maximum absolute atomic E-state index is 12.2. The van der Waals surface area contributed by atoms with Gasteiger partial charge in [-0.3, -0.25) is 4.79 Å². The number of carbonyl (C=O) groups excluding carboxylic acids is 1. The Bertz CT molecular complexity index is 748. The molecule has 0 unspecified atom stereocenters. The van der Waals surface area contributed by atoms with E-state index in [0.717, 1.165) is 17.0 Å². The van der Waals surface area contributed by atoms with Crippen LogP contribution in [0.25, 0.3) is 0 Å². The van der Waals surface area contributed by atoms with Gasteiger partial charge in [0.1, 0.15) is 0 Å². The number of nitrogens with zero attached hydrogens (tertiary/aromatic N) is 2. The van der Waals surface area contributed by atoms with Crippen LogP contribution in [0.5, 0.6) is 0 Å². The van der Waals surface area contributed by atoms with E-state index in [9.17, 15) is 4.79 Å². The van der Waals surface area contributed by atoms with Gasteiger partial charge in [0, 0.05) is 25.3 Å². The Kier molecular flexibility index (Phi) is 5.16. The summed E-state index contributed by atoms with van der Waals surface area (Å²) in [5.41, 5.74) is 8.44. The molecule has 0 heterocycles. The quantitative estimate of drug-likeness (QED) is 0.694. The molecule has 0 aliphatic heterocycles. The SMILES string of the molecule is C/C(=N\NC(=O)c1cccc(N(C)C)c1)c1ccc(C)c(C)c1. The second-order valence-corrected chi connectivity index (χ2v) is 5.88. The molecule has 0 atom stereocenters. The molecule has 120 valence electrons. The molecule has 0 bridgehead atoms. The monoisotopic (exact) mass is 309 g/mol. The highest BCUT2D eigenvalue weighted by atomic mass is 16.2. The molecule has 2 aromatic carbocycles. The number of hydrazone groups is 1. The number of hydrogen-bond donors (Lipinski definition) is 1. The molecule has 0 saturated carbocycles. The van der Waals surface area contributed by atoms with Crippen LogP contribution in [-0.2, 0) is 0 Å². The van der Waals surface area contributed by atoms with E-state index >= 15 is 0 Å². The number of nitrogens with one attached hydrogen (secondary N) is 1. The third kappa shape index (κ3) is 4.19. The molecule has 0 fully saturated rings. The van der Waals surface area contributed by atoms with Crippen molar-refractivity contribution in [1.82, 2.24) is 5.43 Å². The molecule has 1 amide bonds. The summed E-state index contributed by atoms with van der Waals surface area (Å²) in [7, 11) is 3.89. The molecule has 0 aliphatic carbocycles.